The van der Waals surface area contributed by atoms with Crippen LogP contribution in [-0.2, 0) is 4.74 Å². The van der Waals surface area contributed by atoms with E-state index in [1.54, 1.807) is 11.0 Å². The third-order valence-electron chi connectivity index (χ3n) is 9.00. The standard InChI is InChI=1S/C33H46FN5O2/c1-7-38(22(4)5)33(40)30-15-26(34)8-10-28(30)29-14-24(19-39-23(6)36-16-32(29)39)25-17-37(18-25)31(21(2)3)11-9-27-20-41-13-12-35-27/h8,10,14-16,19,21-22,25,27,31,35H,7,9,11-13,17-18,20H2,1-6H3/t27-,31-/m0/s1. The molecule has 0 bridgehead atoms. The SMILES string of the molecule is CCN(C(=O)c1cc(F)ccc1-c1cc(C2CN([C@@H](CC[C@H]3COCCN3)C(C)C)C2)cn2c(C)ncc12)C(C)C. The minimum absolute atomic E-state index is 0.0171. The third kappa shape index (κ3) is 6.20. The van der Waals surface area contributed by atoms with Gasteiger partial charge < -0.3 is 19.4 Å². The summed E-state index contributed by atoms with van der Waals surface area (Å²) in [7, 11) is 0. The summed E-state index contributed by atoms with van der Waals surface area (Å²) in [6.45, 7) is 17.7. The number of carbonyl (C=O) groups is 1. The summed E-state index contributed by atoms with van der Waals surface area (Å²) in [4.78, 5) is 22.7. The molecule has 2 aliphatic heterocycles. The number of ether oxygens (including phenoxy) is 1. The normalized spacial score (nSPS) is 19.2. The lowest BCUT2D eigenvalue weighted by molar-refractivity contribution is 0.0432. The molecule has 8 heteroatoms. The van der Waals surface area contributed by atoms with Gasteiger partial charge in [0.1, 0.15) is 11.6 Å². The largest absolute Gasteiger partial charge is 0.379 e. The first kappa shape index (κ1) is 29.7. The third-order valence-corrected chi connectivity index (χ3v) is 9.00. The van der Waals surface area contributed by atoms with Crippen molar-refractivity contribution < 1.29 is 13.9 Å². The predicted molar refractivity (Wildman–Crippen MR) is 162 cm³/mol. The van der Waals surface area contributed by atoms with Crippen LogP contribution in [-0.4, -0.2) is 82.6 Å². The van der Waals surface area contributed by atoms with Gasteiger partial charge in [0.2, 0.25) is 0 Å². The second kappa shape index (κ2) is 12.6. The summed E-state index contributed by atoms with van der Waals surface area (Å²) in [5.74, 6) is 1.31. The molecule has 2 fully saturated rings. The number of pyridine rings is 1. The zero-order valence-electron chi connectivity index (χ0n) is 25.5. The number of halogens is 1. The monoisotopic (exact) mass is 563 g/mol. The summed E-state index contributed by atoms with van der Waals surface area (Å²) in [5, 5.41) is 3.59. The van der Waals surface area contributed by atoms with Gasteiger partial charge in [-0.15, -0.1) is 0 Å². The van der Waals surface area contributed by atoms with Crippen LogP contribution in [0.25, 0.3) is 16.6 Å². The Morgan fingerprint density at radius 3 is 2.63 bits per heavy atom. The van der Waals surface area contributed by atoms with E-state index in [9.17, 15) is 9.18 Å². The number of amides is 1. The molecule has 2 aromatic heterocycles. The zero-order valence-corrected chi connectivity index (χ0v) is 25.5. The van der Waals surface area contributed by atoms with Crippen molar-refractivity contribution in [3.8, 4) is 11.1 Å². The van der Waals surface area contributed by atoms with Crippen molar-refractivity contribution in [3.05, 3.63) is 59.4 Å². The summed E-state index contributed by atoms with van der Waals surface area (Å²) in [6.07, 6.45) is 6.34. The Bertz CT molecular complexity index is 1360. The van der Waals surface area contributed by atoms with Crippen molar-refractivity contribution in [2.75, 3.05) is 39.4 Å². The Hall–Kier alpha value is -2.81. The van der Waals surface area contributed by atoms with Gasteiger partial charge in [0.25, 0.3) is 5.91 Å². The van der Waals surface area contributed by atoms with Gasteiger partial charge in [-0.05, 0) is 75.8 Å². The molecule has 2 aliphatic rings. The van der Waals surface area contributed by atoms with E-state index < -0.39 is 5.82 Å². The zero-order chi connectivity index (χ0) is 29.3. The highest BCUT2D eigenvalue weighted by atomic mass is 19.1. The topological polar surface area (TPSA) is 62.1 Å². The molecule has 2 saturated heterocycles. The van der Waals surface area contributed by atoms with Crippen molar-refractivity contribution >= 4 is 11.4 Å². The van der Waals surface area contributed by atoms with Gasteiger partial charge in [-0.2, -0.15) is 0 Å². The number of nitrogens with zero attached hydrogens (tertiary/aromatic N) is 4. The number of imidazole rings is 1. The van der Waals surface area contributed by atoms with Crippen LogP contribution in [0.4, 0.5) is 4.39 Å². The quantitative estimate of drug-likeness (QED) is 0.352. The number of aromatic nitrogens is 2. The van der Waals surface area contributed by atoms with E-state index in [2.05, 4.69) is 45.7 Å². The molecule has 222 valence electrons. The molecule has 1 aromatic carbocycles. The van der Waals surface area contributed by atoms with E-state index in [1.807, 2.05) is 33.9 Å². The van der Waals surface area contributed by atoms with Gasteiger partial charge in [-0.25, -0.2) is 9.37 Å². The fraction of sp³-hybridized carbons (Fsp3) is 0.576. The number of morpholine rings is 1. The van der Waals surface area contributed by atoms with Crippen LogP contribution in [0.1, 0.15) is 75.1 Å². The lowest BCUT2D eigenvalue weighted by atomic mass is 9.85. The second-order valence-electron chi connectivity index (χ2n) is 12.4. The Labute approximate surface area is 244 Å². The van der Waals surface area contributed by atoms with E-state index in [4.69, 9.17) is 4.74 Å². The number of hydrogen-bond acceptors (Lipinski definition) is 5. The minimum atomic E-state index is -0.405. The number of fused-ring (bicyclic) bond motifs is 1. The van der Waals surface area contributed by atoms with Crippen molar-refractivity contribution in [1.82, 2.24) is 24.5 Å². The van der Waals surface area contributed by atoms with Crippen LogP contribution >= 0.6 is 0 Å². The van der Waals surface area contributed by atoms with Gasteiger partial charge in [0.05, 0.1) is 30.5 Å². The maximum absolute atomic E-state index is 14.5. The smallest absolute Gasteiger partial charge is 0.254 e. The predicted octanol–water partition coefficient (Wildman–Crippen LogP) is 5.51. The van der Waals surface area contributed by atoms with E-state index in [0.29, 0.717) is 36.0 Å². The van der Waals surface area contributed by atoms with Crippen LogP contribution in [0.15, 0.2) is 36.7 Å². The number of likely N-dealkylation sites (tertiary alicyclic amines) is 1. The fourth-order valence-electron chi connectivity index (χ4n) is 6.62. The Morgan fingerprint density at radius 2 is 1.98 bits per heavy atom. The highest BCUT2D eigenvalue weighted by molar-refractivity contribution is 6.03. The van der Waals surface area contributed by atoms with Crippen LogP contribution in [0.3, 0.4) is 0 Å². The Balaban J connectivity index is 1.43. The molecule has 5 rings (SSSR count). The van der Waals surface area contributed by atoms with Crippen LogP contribution < -0.4 is 5.32 Å². The van der Waals surface area contributed by atoms with Crippen molar-refractivity contribution in [3.63, 3.8) is 0 Å². The van der Waals surface area contributed by atoms with Gasteiger partial charge in [0.15, 0.2) is 0 Å². The number of aryl methyl sites for hydroxylation is 1. The second-order valence-corrected chi connectivity index (χ2v) is 12.4. The number of hydrogen-bond donors (Lipinski definition) is 1. The average molecular weight is 564 g/mol. The Morgan fingerprint density at radius 1 is 1.20 bits per heavy atom. The van der Waals surface area contributed by atoms with Crippen LogP contribution in [0.5, 0.6) is 0 Å². The van der Waals surface area contributed by atoms with Gasteiger partial charge in [0, 0.05) is 62.0 Å². The van der Waals surface area contributed by atoms with E-state index >= 15 is 0 Å². The van der Waals surface area contributed by atoms with Crippen molar-refractivity contribution in [2.45, 2.75) is 78.4 Å². The molecule has 7 nitrogen and oxygen atoms in total. The molecular weight excluding hydrogens is 517 g/mol. The summed E-state index contributed by atoms with van der Waals surface area (Å²) in [5.41, 5.74) is 4.23. The molecule has 2 atom stereocenters. The number of rotatable bonds is 10. The number of benzene rings is 1. The van der Waals surface area contributed by atoms with Gasteiger partial charge >= 0.3 is 0 Å². The molecule has 4 heterocycles. The molecule has 0 spiro atoms. The molecule has 1 N–H and O–H groups in total. The van der Waals surface area contributed by atoms with Crippen LogP contribution in [0.2, 0.25) is 0 Å². The molecular formula is C33H46FN5O2. The molecule has 0 radical (unpaired) electrons. The Kier molecular flexibility index (Phi) is 9.12. The molecule has 0 saturated carbocycles. The van der Waals surface area contributed by atoms with E-state index in [0.717, 1.165) is 68.2 Å². The summed E-state index contributed by atoms with van der Waals surface area (Å²) >= 11 is 0. The van der Waals surface area contributed by atoms with Crippen molar-refractivity contribution in [1.29, 1.82) is 0 Å². The van der Waals surface area contributed by atoms with E-state index in [1.165, 1.54) is 17.7 Å². The molecule has 41 heavy (non-hydrogen) atoms. The summed E-state index contributed by atoms with van der Waals surface area (Å²) in [6, 6.07) is 7.80. The first-order chi connectivity index (χ1) is 19.7. The minimum Gasteiger partial charge on any atom is -0.379 e. The van der Waals surface area contributed by atoms with Crippen molar-refractivity contribution in [2.24, 2.45) is 5.92 Å². The highest BCUT2D eigenvalue weighted by Gasteiger charge is 2.35. The molecule has 1 amide bonds. The molecule has 0 aliphatic carbocycles. The highest BCUT2D eigenvalue weighted by Crippen LogP contribution is 2.37. The summed E-state index contributed by atoms with van der Waals surface area (Å²) < 4.78 is 22.3. The first-order valence-corrected chi connectivity index (χ1v) is 15.3. The molecule has 0 unspecified atom stereocenters. The maximum atomic E-state index is 14.5. The average Bonchev–Trinajstić information content (AvgIpc) is 3.30. The lowest BCUT2D eigenvalue weighted by Gasteiger charge is -2.47. The number of carbonyl (C=O) groups excluding carboxylic acids is 1. The fourth-order valence-corrected chi connectivity index (χ4v) is 6.62. The molecule has 3 aromatic rings. The number of nitrogens with one attached hydrogen (secondary N) is 1. The lowest BCUT2D eigenvalue weighted by Crippen LogP contribution is -2.53. The van der Waals surface area contributed by atoms with E-state index in [-0.39, 0.29) is 11.9 Å². The first-order valence-electron chi connectivity index (χ1n) is 15.3. The van der Waals surface area contributed by atoms with Gasteiger partial charge in [-0.3, -0.25) is 9.69 Å². The van der Waals surface area contributed by atoms with Gasteiger partial charge in [-0.1, -0.05) is 19.9 Å². The maximum Gasteiger partial charge on any atom is 0.254 e. The van der Waals surface area contributed by atoms with Crippen LogP contribution in [0, 0.1) is 18.7 Å².